The minimum atomic E-state index is -1.33. The Kier molecular flexibility index (Phi) is 6.85. The number of hydrogen-bond donors (Lipinski definition) is 2. The first-order valence-electron chi connectivity index (χ1n) is 13.0. The largest absolute Gasteiger partial charge is 0.485 e. The smallest absolute Gasteiger partial charge is 0.235 e. The van der Waals surface area contributed by atoms with Gasteiger partial charge >= 0.3 is 0 Å². The monoisotopic (exact) mass is 566 g/mol. The highest BCUT2D eigenvalue weighted by Gasteiger charge is 2.44. The van der Waals surface area contributed by atoms with Gasteiger partial charge in [-0.15, -0.1) is 0 Å². The molecule has 0 aliphatic carbocycles. The second-order valence-electron chi connectivity index (χ2n) is 11.3. The van der Waals surface area contributed by atoms with Gasteiger partial charge in [0.1, 0.15) is 29.6 Å². The number of halogens is 3. The van der Waals surface area contributed by atoms with Gasteiger partial charge < -0.3 is 15.8 Å². The predicted octanol–water partition coefficient (Wildman–Crippen LogP) is 5.03. The summed E-state index contributed by atoms with van der Waals surface area (Å²) in [5, 5.41) is 2.77. The number of benzene rings is 1. The molecule has 0 bridgehead atoms. The van der Waals surface area contributed by atoms with E-state index in [2.05, 4.69) is 20.3 Å². The van der Waals surface area contributed by atoms with Gasteiger partial charge in [-0.2, -0.15) is 0 Å². The van der Waals surface area contributed by atoms with E-state index in [1.165, 1.54) is 0 Å². The maximum absolute atomic E-state index is 14.2. The lowest BCUT2D eigenvalue weighted by atomic mass is 9.84. The van der Waals surface area contributed by atoms with E-state index >= 15 is 0 Å². The van der Waals surface area contributed by atoms with Gasteiger partial charge in [0.05, 0.1) is 16.7 Å². The molecule has 3 aromatic heterocycles. The number of rotatable bonds is 8. The molecule has 1 aromatic carbocycles. The van der Waals surface area contributed by atoms with Gasteiger partial charge in [-0.1, -0.05) is 0 Å². The van der Waals surface area contributed by atoms with Crippen molar-refractivity contribution >= 4 is 23.2 Å². The Bertz CT molecular complexity index is 1730. The van der Waals surface area contributed by atoms with Crippen molar-refractivity contribution in [3.63, 3.8) is 0 Å². The number of nitrogens with two attached hydrogens (primary N) is 1. The van der Waals surface area contributed by atoms with Crippen molar-refractivity contribution in [3.8, 4) is 17.3 Å². The lowest BCUT2D eigenvalue weighted by molar-refractivity contribution is -0.119. The first-order chi connectivity index (χ1) is 19.2. The summed E-state index contributed by atoms with van der Waals surface area (Å²) in [6.07, 6.45) is 2.19. The number of carbonyl (C=O) groups is 2. The summed E-state index contributed by atoms with van der Waals surface area (Å²) >= 11 is 0. The van der Waals surface area contributed by atoms with Crippen LogP contribution in [0.15, 0.2) is 30.5 Å². The fourth-order valence-electron chi connectivity index (χ4n) is 4.77. The Labute approximate surface area is 234 Å². The van der Waals surface area contributed by atoms with Crippen LogP contribution in [-0.2, 0) is 16.8 Å². The van der Waals surface area contributed by atoms with Gasteiger partial charge in [-0.05, 0) is 65.3 Å². The summed E-state index contributed by atoms with van der Waals surface area (Å²) in [6, 6.07) is 4.71. The van der Waals surface area contributed by atoms with Gasteiger partial charge in [-0.25, -0.2) is 28.1 Å². The molecule has 1 amide bonds. The van der Waals surface area contributed by atoms with Crippen molar-refractivity contribution < 1.29 is 27.5 Å². The number of amides is 1. The third kappa shape index (κ3) is 5.03. The molecule has 0 saturated heterocycles. The number of ketones is 1. The van der Waals surface area contributed by atoms with E-state index in [9.17, 15) is 22.8 Å². The van der Waals surface area contributed by atoms with Crippen LogP contribution in [0.1, 0.15) is 67.8 Å². The topological polar surface area (TPSA) is 124 Å². The molecule has 4 aromatic rings. The number of imidazole rings is 1. The van der Waals surface area contributed by atoms with Crippen LogP contribution >= 0.6 is 0 Å². The standard InChI is InChI=1S/C29H29F3N6O3/c1-14-23(38-12-6-7-19(26(38)34-14)41-13-15-16(30)8-9-17(31)21(15)32)25-35-22(18(39)10-11-28(2,3)33)20-24(36-25)37-27(40)29(20,4)5/h6-9,12H,10-11,13,33H2,1-5H3,(H,35,36,37,40). The van der Waals surface area contributed by atoms with E-state index in [-0.39, 0.29) is 46.8 Å². The number of aromatic nitrogens is 4. The van der Waals surface area contributed by atoms with E-state index in [1.807, 2.05) is 13.8 Å². The zero-order valence-corrected chi connectivity index (χ0v) is 23.2. The summed E-state index contributed by atoms with van der Waals surface area (Å²) in [6.45, 7) is 8.17. The second-order valence-corrected chi connectivity index (χ2v) is 11.3. The quantitative estimate of drug-likeness (QED) is 0.227. The molecule has 9 nitrogen and oxygen atoms in total. The fourth-order valence-corrected chi connectivity index (χ4v) is 4.77. The number of anilines is 1. The molecule has 0 atom stereocenters. The molecule has 3 N–H and O–H groups in total. The van der Waals surface area contributed by atoms with Gasteiger partial charge in [0.2, 0.25) is 5.91 Å². The number of ether oxygens (including phenoxy) is 1. The van der Waals surface area contributed by atoms with Crippen LogP contribution < -0.4 is 15.8 Å². The maximum atomic E-state index is 14.2. The molecule has 12 heteroatoms. The molecule has 4 heterocycles. The molecule has 1 aliphatic heterocycles. The number of carbonyl (C=O) groups excluding carboxylic acids is 2. The summed E-state index contributed by atoms with van der Waals surface area (Å²) < 4.78 is 49.3. The molecule has 0 saturated carbocycles. The summed E-state index contributed by atoms with van der Waals surface area (Å²) in [7, 11) is 0. The Morgan fingerprint density at radius 3 is 2.54 bits per heavy atom. The lowest BCUT2D eigenvalue weighted by Gasteiger charge is -2.20. The fraction of sp³-hybridized carbons (Fsp3) is 0.345. The van der Waals surface area contributed by atoms with Crippen LogP contribution in [0.5, 0.6) is 5.75 Å². The van der Waals surface area contributed by atoms with Gasteiger partial charge in [-0.3, -0.25) is 14.0 Å². The van der Waals surface area contributed by atoms with E-state index in [0.29, 0.717) is 29.4 Å². The SMILES string of the molecule is Cc1nc2c(OCc3c(F)ccc(F)c3F)cccn2c1-c1nc2c(c(C(=O)CCC(C)(C)N)n1)C(C)(C)C(=O)N2. The minimum absolute atomic E-state index is 0.119. The Morgan fingerprint density at radius 1 is 1.12 bits per heavy atom. The van der Waals surface area contributed by atoms with Crippen LogP contribution in [-0.4, -0.2) is 36.6 Å². The van der Waals surface area contributed by atoms with Gasteiger partial charge in [0.15, 0.2) is 34.6 Å². The molecule has 5 rings (SSSR count). The van der Waals surface area contributed by atoms with Crippen LogP contribution in [0.25, 0.3) is 17.2 Å². The Balaban J connectivity index is 1.59. The number of nitrogens with one attached hydrogen (secondary N) is 1. The van der Waals surface area contributed by atoms with Crippen LogP contribution in [0.4, 0.5) is 19.0 Å². The first-order valence-corrected chi connectivity index (χ1v) is 13.0. The molecule has 214 valence electrons. The number of Topliss-reactive ketones (excluding diaryl/α,β-unsaturated/α-hetero) is 1. The van der Waals surface area contributed by atoms with E-state index in [1.54, 1.807) is 43.5 Å². The maximum Gasteiger partial charge on any atom is 0.235 e. The van der Waals surface area contributed by atoms with Crippen molar-refractivity contribution in [2.75, 3.05) is 5.32 Å². The van der Waals surface area contributed by atoms with E-state index in [4.69, 9.17) is 10.5 Å². The van der Waals surface area contributed by atoms with Crippen LogP contribution in [0, 0.1) is 24.4 Å². The normalized spacial score (nSPS) is 14.3. The van der Waals surface area contributed by atoms with Crippen molar-refractivity contribution in [1.82, 2.24) is 19.4 Å². The summed E-state index contributed by atoms with van der Waals surface area (Å²) in [5.41, 5.74) is 5.64. The second kappa shape index (κ2) is 9.95. The number of fused-ring (bicyclic) bond motifs is 2. The minimum Gasteiger partial charge on any atom is -0.485 e. The van der Waals surface area contributed by atoms with Crippen LogP contribution in [0.3, 0.4) is 0 Å². The number of pyridine rings is 1. The van der Waals surface area contributed by atoms with E-state index < -0.39 is 40.6 Å². The van der Waals surface area contributed by atoms with Crippen molar-refractivity contribution in [2.45, 2.75) is 65.0 Å². The predicted molar refractivity (Wildman–Crippen MR) is 145 cm³/mol. The zero-order valence-electron chi connectivity index (χ0n) is 23.2. The van der Waals surface area contributed by atoms with Crippen molar-refractivity contribution in [2.24, 2.45) is 5.73 Å². The number of aryl methyl sites for hydroxylation is 1. The molecule has 1 aliphatic rings. The number of nitrogens with zero attached hydrogens (tertiary/aromatic N) is 4. The molecule has 41 heavy (non-hydrogen) atoms. The van der Waals surface area contributed by atoms with E-state index in [0.717, 1.165) is 6.07 Å². The zero-order chi connectivity index (χ0) is 29.9. The molecular formula is C29H29F3N6O3. The third-order valence-electron chi connectivity index (χ3n) is 7.11. The molecule has 0 unspecified atom stereocenters. The highest BCUT2D eigenvalue weighted by molar-refractivity contribution is 6.09. The molecular weight excluding hydrogens is 537 g/mol. The molecule has 0 spiro atoms. The Hall–Kier alpha value is -4.32. The average Bonchev–Trinajstić information content (AvgIpc) is 3.35. The third-order valence-corrected chi connectivity index (χ3v) is 7.11. The Morgan fingerprint density at radius 2 is 1.83 bits per heavy atom. The number of hydrogen-bond acceptors (Lipinski definition) is 7. The highest BCUT2D eigenvalue weighted by atomic mass is 19.2. The van der Waals surface area contributed by atoms with Crippen molar-refractivity contribution in [3.05, 3.63) is 70.4 Å². The van der Waals surface area contributed by atoms with Gasteiger partial charge in [0.25, 0.3) is 0 Å². The summed E-state index contributed by atoms with van der Waals surface area (Å²) in [4.78, 5) is 40.1. The average molecular weight is 567 g/mol. The van der Waals surface area contributed by atoms with Gasteiger partial charge in [0, 0.05) is 23.7 Å². The van der Waals surface area contributed by atoms with Crippen molar-refractivity contribution in [1.29, 1.82) is 0 Å². The lowest BCUT2D eigenvalue weighted by Crippen LogP contribution is -2.33. The van der Waals surface area contributed by atoms with Crippen LogP contribution in [0.2, 0.25) is 0 Å². The molecule has 0 fully saturated rings. The first kappa shape index (κ1) is 28.2. The highest BCUT2D eigenvalue weighted by Crippen LogP contribution is 2.40. The summed E-state index contributed by atoms with van der Waals surface area (Å²) in [5.74, 6) is -3.50. The molecule has 0 radical (unpaired) electrons.